The summed E-state index contributed by atoms with van der Waals surface area (Å²) in [5.74, 6) is 1.00. The van der Waals surface area contributed by atoms with E-state index < -0.39 is 0 Å². The Bertz CT molecular complexity index is 748. The molecule has 21 heavy (non-hydrogen) atoms. The minimum atomic E-state index is 0.406. The lowest BCUT2D eigenvalue weighted by Crippen LogP contribution is -2.02. The number of pyridine rings is 1. The van der Waals surface area contributed by atoms with Gasteiger partial charge in [0.2, 0.25) is 5.88 Å². The highest BCUT2D eigenvalue weighted by Gasteiger charge is 2.19. The standard InChI is InChI=1S/C13H15N7O/c1-4-21-12-10(6-5-7-14-12)11-8(2)17-20(9(11)3)13-15-18-19-16-13/h5-7H,4H2,1-3H3,(H,15,16,18,19). The second kappa shape index (κ2) is 5.31. The molecule has 3 aromatic heterocycles. The summed E-state index contributed by atoms with van der Waals surface area (Å²) in [5.41, 5.74) is 3.63. The number of hydrogen-bond acceptors (Lipinski definition) is 6. The molecule has 0 aliphatic carbocycles. The largest absolute Gasteiger partial charge is 0.478 e. The Hall–Kier alpha value is -2.77. The fourth-order valence-electron chi connectivity index (χ4n) is 2.31. The van der Waals surface area contributed by atoms with Crippen molar-refractivity contribution in [2.24, 2.45) is 0 Å². The molecule has 3 heterocycles. The van der Waals surface area contributed by atoms with Crippen molar-refractivity contribution in [1.29, 1.82) is 0 Å². The maximum atomic E-state index is 5.60. The normalized spacial score (nSPS) is 10.8. The Labute approximate surface area is 121 Å². The van der Waals surface area contributed by atoms with E-state index in [1.165, 1.54) is 0 Å². The molecule has 0 amide bonds. The van der Waals surface area contributed by atoms with Gasteiger partial charge in [0.25, 0.3) is 5.95 Å². The zero-order valence-electron chi connectivity index (χ0n) is 12.0. The summed E-state index contributed by atoms with van der Waals surface area (Å²) in [4.78, 5) is 4.29. The van der Waals surface area contributed by atoms with Crippen LogP contribution in [-0.2, 0) is 0 Å². The third-order valence-corrected chi connectivity index (χ3v) is 3.14. The quantitative estimate of drug-likeness (QED) is 0.780. The molecule has 1 N–H and O–H groups in total. The fraction of sp³-hybridized carbons (Fsp3) is 0.308. The molecule has 0 saturated carbocycles. The van der Waals surface area contributed by atoms with Crippen LogP contribution >= 0.6 is 0 Å². The number of ether oxygens (including phenoxy) is 1. The van der Waals surface area contributed by atoms with Gasteiger partial charge in [0.1, 0.15) is 0 Å². The van der Waals surface area contributed by atoms with Gasteiger partial charge in [0.15, 0.2) is 0 Å². The molecule has 0 spiro atoms. The van der Waals surface area contributed by atoms with E-state index in [0.29, 0.717) is 18.4 Å². The minimum absolute atomic E-state index is 0.406. The van der Waals surface area contributed by atoms with Crippen LogP contribution < -0.4 is 4.74 Å². The minimum Gasteiger partial charge on any atom is -0.478 e. The molecule has 0 aromatic carbocycles. The molecule has 8 nitrogen and oxygen atoms in total. The second-order valence-electron chi connectivity index (χ2n) is 4.46. The Morgan fingerprint density at radius 1 is 1.33 bits per heavy atom. The van der Waals surface area contributed by atoms with E-state index in [1.807, 2.05) is 32.9 Å². The molecule has 108 valence electrons. The molecule has 0 aliphatic heterocycles. The van der Waals surface area contributed by atoms with Crippen LogP contribution in [0.5, 0.6) is 5.88 Å². The lowest BCUT2D eigenvalue weighted by atomic mass is 10.1. The third-order valence-electron chi connectivity index (χ3n) is 3.14. The maximum Gasteiger partial charge on any atom is 0.290 e. The monoisotopic (exact) mass is 285 g/mol. The molecule has 3 rings (SSSR count). The number of aryl methyl sites for hydroxylation is 1. The lowest BCUT2D eigenvalue weighted by Gasteiger charge is -2.09. The number of H-pyrrole nitrogens is 1. The highest BCUT2D eigenvalue weighted by atomic mass is 16.5. The Balaban J connectivity index is 2.16. The average molecular weight is 285 g/mol. The van der Waals surface area contributed by atoms with E-state index in [4.69, 9.17) is 4.74 Å². The van der Waals surface area contributed by atoms with Crippen LogP contribution in [0.1, 0.15) is 18.3 Å². The molecule has 0 saturated heterocycles. The van der Waals surface area contributed by atoms with E-state index >= 15 is 0 Å². The van der Waals surface area contributed by atoms with Crippen molar-refractivity contribution in [2.75, 3.05) is 6.61 Å². The summed E-state index contributed by atoms with van der Waals surface area (Å²) >= 11 is 0. The van der Waals surface area contributed by atoms with Gasteiger partial charge in [0.05, 0.1) is 18.0 Å². The highest BCUT2D eigenvalue weighted by Crippen LogP contribution is 2.33. The zero-order chi connectivity index (χ0) is 14.8. The van der Waals surface area contributed by atoms with Gasteiger partial charge in [-0.25, -0.2) is 4.98 Å². The summed E-state index contributed by atoms with van der Waals surface area (Å²) in [7, 11) is 0. The highest BCUT2D eigenvalue weighted by molar-refractivity contribution is 5.73. The summed E-state index contributed by atoms with van der Waals surface area (Å²) in [5, 5.41) is 18.4. The molecule has 0 aliphatic rings. The number of rotatable bonds is 4. The first kappa shape index (κ1) is 13.2. The van der Waals surface area contributed by atoms with Gasteiger partial charge in [-0.1, -0.05) is 5.10 Å². The van der Waals surface area contributed by atoms with Crippen molar-refractivity contribution in [2.45, 2.75) is 20.8 Å². The van der Waals surface area contributed by atoms with Gasteiger partial charge in [-0.3, -0.25) is 0 Å². The predicted molar refractivity (Wildman–Crippen MR) is 75.2 cm³/mol. The average Bonchev–Trinajstić information content (AvgIpc) is 3.09. The topological polar surface area (TPSA) is 94.4 Å². The Morgan fingerprint density at radius 2 is 2.19 bits per heavy atom. The molecule has 3 aromatic rings. The van der Waals surface area contributed by atoms with E-state index in [9.17, 15) is 0 Å². The molecule has 0 unspecified atom stereocenters. The first-order valence-electron chi connectivity index (χ1n) is 6.60. The van der Waals surface area contributed by atoms with Crippen LogP contribution in [0.4, 0.5) is 0 Å². The fourth-order valence-corrected chi connectivity index (χ4v) is 2.31. The van der Waals surface area contributed by atoms with Gasteiger partial charge in [0, 0.05) is 17.3 Å². The number of aromatic nitrogens is 7. The van der Waals surface area contributed by atoms with Crippen LogP contribution in [0.3, 0.4) is 0 Å². The van der Waals surface area contributed by atoms with Crippen molar-refractivity contribution in [3.63, 3.8) is 0 Å². The first-order chi connectivity index (χ1) is 10.2. The van der Waals surface area contributed by atoms with Gasteiger partial charge >= 0.3 is 0 Å². The van der Waals surface area contributed by atoms with Crippen LogP contribution in [-0.4, -0.2) is 42.0 Å². The second-order valence-corrected chi connectivity index (χ2v) is 4.46. The molecule has 0 atom stereocenters. The Kier molecular flexibility index (Phi) is 3.35. The molecular weight excluding hydrogens is 270 g/mol. The third kappa shape index (κ3) is 2.24. The molecule has 0 bridgehead atoms. The summed E-state index contributed by atoms with van der Waals surface area (Å²) < 4.78 is 7.25. The molecular formula is C13H15N7O. The van der Waals surface area contributed by atoms with E-state index in [2.05, 4.69) is 30.7 Å². The van der Waals surface area contributed by atoms with Crippen molar-refractivity contribution < 1.29 is 4.74 Å². The number of hydrogen-bond donors (Lipinski definition) is 1. The van der Waals surface area contributed by atoms with Gasteiger partial charge in [-0.2, -0.15) is 15.0 Å². The lowest BCUT2D eigenvalue weighted by molar-refractivity contribution is 0.328. The van der Waals surface area contributed by atoms with Gasteiger partial charge < -0.3 is 4.74 Å². The summed E-state index contributed by atoms with van der Waals surface area (Å²) in [6, 6.07) is 3.85. The van der Waals surface area contributed by atoms with Crippen LogP contribution in [0.2, 0.25) is 0 Å². The van der Waals surface area contributed by atoms with Gasteiger partial charge in [-0.05, 0) is 38.1 Å². The SMILES string of the molecule is CCOc1ncccc1-c1c(C)nn(-c2nn[nH]n2)c1C. The van der Waals surface area contributed by atoms with Crippen molar-refractivity contribution in [3.8, 4) is 23.0 Å². The smallest absolute Gasteiger partial charge is 0.290 e. The van der Waals surface area contributed by atoms with Crippen LogP contribution in [0, 0.1) is 13.8 Å². The van der Waals surface area contributed by atoms with Gasteiger partial charge in [-0.15, -0.1) is 5.10 Å². The summed E-state index contributed by atoms with van der Waals surface area (Å²) in [6.07, 6.45) is 1.71. The first-order valence-corrected chi connectivity index (χ1v) is 6.60. The van der Waals surface area contributed by atoms with Crippen molar-refractivity contribution >= 4 is 0 Å². The number of aromatic amines is 1. The number of nitrogens with one attached hydrogen (secondary N) is 1. The van der Waals surface area contributed by atoms with E-state index in [0.717, 1.165) is 22.5 Å². The van der Waals surface area contributed by atoms with E-state index in [1.54, 1.807) is 10.9 Å². The van der Waals surface area contributed by atoms with Crippen LogP contribution in [0.25, 0.3) is 17.1 Å². The zero-order valence-corrected chi connectivity index (χ0v) is 12.0. The van der Waals surface area contributed by atoms with Crippen molar-refractivity contribution in [1.82, 2.24) is 35.4 Å². The summed E-state index contributed by atoms with van der Waals surface area (Å²) in [6.45, 7) is 6.37. The maximum absolute atomic E-state index is 5.60. The van der Waals surface area contributed by atoms with Crippen molar-refractivity contribution in [3.05, 3.63) is 29.7 Å². The Morgan fingerprint density at radius 3 is 2.90 bits per heavy atom. The number of nitrogens with zero attached hydrogens (tertiary/aromatic N) is 6. The molecule has 0 radical (unpaired) electrons. The van der Waals surface area contributed by atoms with Crippen LogP contribution in [0.15, 0.2) is 18.3 Å². The molecule has 0 fully saturated rings. The van der Waals surface area contributed by atoms with E-state index in [-0.39, 0.29) is 0 Å². The molecule has 8 heteroatoms. The number of tetrazole rings is 1. The predicted octanol–water partition coefficient (Wildman–Crippen LogP) is 1.46.